The Morgan fingerprint density at radius 3 is 2.31 bits per heavy atom. The molecule has 3 nitrogen and oxygen atoms in total. The molecule has 0 unspecified atom stereocenters. The molecule has 0 radical (unpaired) electrons. The molecule has 0 saturated carbocycles. The maximum absolute atomic E-state index is 13.8. The van der Waals surface area contributed by atoms with Crippen molar-refractivity contribution in [2.24, 2.45) is 0 Å². The third kappa shape index (κ3) is 4.85. The number of aryl methyl sites for hydroxylation is 2. The summed E-state index contributed by atoms with van der Waals surface area (Å²) in [5.41, 5.74) is 5.03. The molecular weight excluding hydrogens is 461 g/mol. The van der Waals surface area contributed by atoms with Gasteiger partial charge in [0.15, 0.2) is 0 Å². The summed E-state index contributed by atoms with van der Waals surface area (Å²) in [6.07, 6.45) is -4.49. The normalized spacial score (nSPS) is 11.7. The lowest BCUT2D eigenvalue weighted by molar-refractivity contribution is -0.136. The highest BCUT2D eigenvalue weighted by Gasteiger charge is 2.34. The number of benzene rings is 4. The SMILES string of the molecule is Cc1ccc(C)c(COc2ccc(-c3c4cccc(C(F)(F)F)c4nn3Cc3ccccc3)cc2)c1. The van der Waals surface area contributed by atoms with Gasteiger partial charge in [-0.2, -0.15) is 18.3 Å². The van der Waals surface area contributed by atoms with Crippen molar-refractivity contribution < 1.29 is 17.9 Å². The van der Waals surface area contributed by atoms with Gasteiger partial charge in [-0.1, -0.05) is 66.2 Å². The van der Waals surface area contributed by atoms with Gasteiger partial charge in [0.05, 0.1) is 17.8 Å². The molecule has 0 spiro atoms. The van der Waals surface area contributed by atoms with Gasteiger partial charge < -0.3 is 4.74 Å². The molecule has 0 aliphatic rings. The van der Waals surface area contributed by atoms with Crippen LogP contribution in [0.5, 0.6) is 5.75 Å². The second-order valence-corrected chi connectivity index (χ2v) is 8.93. The highest BCUT2D eigenvalue weighted by atomic mass is 19.4. The van der Waals surface area contributed by atoms with Crippen LogP contribution in [-0.4, -0.2) is 9.78 Å². The molecule has 182 valence electrons. The molecule has 0 atom stereocenters. The first-order valence-corrected chi connectivity index (χ1v) is 11.7. The standard InChI is InChI=1S/C30H25F3N2O/c1-20-11-12-21(2)24(17-20)19-36-25-15-13-23(14-16-25)29-26-9-6-10-27(30(31,32)33)28(26)34-35(29)18-22-7-4-3-5-8-22/h3-17H,18-19H2,1-2H3. The van der Waals surface area contributed by atoms with E-state index in [9.17, 15) is 13.2 Å². The Hall–Kier alpha value is -4.06. The van der Waals surface area contributed by atoms with Gasteiger partial charge in [-0.3, -0.25) is 4.68 Å². The van der Waals surface area contributed by atoms with Crippen molar-refractivity contribution in [2.75, 3.05) is 0 Å². The minimum atomic E-state index is -4.49. The van der Waals surface area contributed by atoms with E-state index in [4.69, 9.17) is 4.74 Å². The quantitative estimate of drug-likeness (QED) is 0.243. The smallest absolute Gasteiger partial charge is 0.418 e. The average Bonchev–Trinajstić information content (AvgIpc) is 3.22. The summed E-state index contributed by atoms with van der Waals surface area (Å²) in [7, 11) is 0. The number of ether oxygens (including phenoxy) is 1. The fourth-order valence-corrected chi connectivity index (χ4v) is 4.38. The summed E-state index contributed by atoms with van der Waals surface area (Å²) in [6, 6.07) is 27.5. The zero-order chi connectivity index (χ0) is 25.3. The molecule has 0 saturated heterocycles. The molecule has 0 amide bonds. The fourth-order valence-electron chi connectivity index (χ4n) is 4.38. The first-order valence-electron chi connectivity index (χ1n) is 11.7. The Labute approximate surface area is 207 Å². The molecule has 6 heteroatoms. The van der Waals surface area contributed by atoms with Crippen molar-refractivity contribution in [3.63, 3.8) is 0 Å². The Bertz CT molecular complexity index is 1500. The van der Waals surface area contributed by atoms with Gasteiger partial charge in [-0.15, -0.1) is 0 Å². The van der Waals surface area contributed by atoms with Crippen molar-refractivity contribution in [2.45, 2.75) is 33.2 Å². The molecule has 0 N–H and O–H groups in total. The van der Waals surface area contributed by atoms with Gasteiger partial charge in [0.25, 0.3) is 0 Å². The van der Waals surface area contributed by atoms with Crippen LogP contribution in [-0.2, 0) is 19.3 Å². The van der Waals surface area contributed by atoms with Gasteiger partial charge in [0.1, 0.15) is 17.9 Å². The number of rotatable bonds is 6. The molecule has 0 fully saturated rings. The predicted octanol–water partition coefficient (Wildman–Crippen LogP) is 7.97. The second-order valence-electron chi connectivity index (χ2n) is 8.93. The monoisotopic (exact) mass is 486 g/mol. The fraction of sp³-hybridized carbons (Fsp3) is 0.167. The Morgan fingerprint density at radius 2 is 1.58 bits per heavy atom. The van der Waals surface area contributed by atoms with Crippen molar-refractivity contribution >= 4 is 10.9 Å². The lowest BCUT2D eigenvalue weighted by atomic mass is 10.0. The maximum Gasteiger partial charge on any atom is 0.418 e. The highest BCUT2D eigenvalue weighted by molar-refractivity contribution is 5.95. The number of hydrogen-bond acceptors (Lipinski definition) is 2. The van der Waals surface area contributed by atoms with E-state index in [0.717, 1.165) is 28.3 Å². The number of hydrogen-bond donors (Lipinski definition) is 0. The minimum absolute atomic E-state index is 0.0498. The molecule has 5 rings (SSSR count). The largest absolute Gasteiger partial charge is 0.489 e. The van der Waals surface area contributed by atoms with Crippen LogP contribution in [0.1, 0.15) is 27.8 Å². The lowest BCUT2D eigenvalue weighted by Gasteiger charge is -2.12. The van der Waals surface area contributed by atoms with Crippen molar-refractivity contribution in [3.8, 4) is 17.0 Å². The number of fused-ring (bicyclic) bond motifs is 1. The second kappa shape index (κ2) is 9.53. The molecule has 0 aliphatic carbocycles. The van der Waals surface area contributed by atoms with E-state index in [2.05, 4.69) is 30.2 Å². The molecule has 36 heavy (non-hydrogen) atoms. The van der Waals surface area contributed by atoms with Crippen LogP contribution < -0.4 is 4.74 Å². The van der Waals surface area contributed by atoms with Crippen LogP contribution >= 0.6 is 0 Å². The van der Waals surface area contributed by atoms with Crippen molar-refractivity contribution in [1.82, 2.24) is 9.78 Å². The van der Waals surface area contributed by atoms with E-state index in [0.29, 0.717) is 30.0 Å². The van der Waals surface area contributed by atoms with Crippen molar-refractivity contribution in [1.29, 1.82) is 0 Å². The molecular formula is C30H25F3N2O. The van der Waals surface area contributed by atoms with Gasteiger partial charge in [0.2, 0.25) is 0 Å². The summed E-state index contributed by atoms with van der Waals surface area (Å²) in [4.78, 5) is 0. The Balaban J connectivity index is 1.52. The van der Waals surface area contributed by atoms with Crippen LogP contribution in [0.2, 0.25) is 0 Å². The van der Waals surface area contributed by atoms with Crippen LogP contribution in [0.3, 0.4) is 0 Å². The third-order valence-electron chi connectivity index (χ3n) is 6.28. The van der Waals surface area contributed by atoms with Gasteiger partial charge in [-0.25, -0.2) is 0 Å². The van der Waals surface area contributed by atoms with Crippen LogP contribution in [0.4, 0.5) is 13.2 Å². The van der Waals surface area contributed by atoms with Gasteiger partial charge >= 0.3 is 6.18 Å². The van der Waals surface area contributed by atoms with E-state index in [-0.39, 0.29) is 5.52 Å². The molecule has 0 bridgehead atoms. The van der Waals surface area contributed by atoms with Crippen molar-refractivity contribution in [3.05, 3.63) is 119 Å². The summed E-state index contributed by atoms with van der Waals surface area (Å²) < 4.78 is 48.9. The number of nitrogens with zero attached hydrogens (tertiary/aromatic N) is 2. The first-order chi connectivity index (χ1) is 17.3. The molecule has 4 aromatic carbocycles. The van der Waals surface area contributed by atoms with E-state index in [1.165, 1.54) is 11.6 Å². The maximum atomic E-state index is 13.8. The Morgan fingerprint density at radius 1 is 0.833 bits per heavy atom. The summed E-state index contributed by atoms with van der Waals surface area (Å²) in [5.74, 6) is 0.689. The molecule has 1 heterocycles. The van der Waals surface area contributed by atoms with Crippen LogP contribution in [0.15, 0.2) is 91.0 Å². The first kappa shape index (κ1) is 23.7. The van der Waals surface area contributed by atoms with E-state index in [1.807, 2.05) is 61.5 Å². The third-order valence-corrected chi connectivity index (χ3v) is 6.28. The molecule has 0 aliphatic heterocycles. The zero-order valence-electron chi connectivity index (χ0n) is 20.0. The molecule has 1 aromatic heterocycles. The van der Waals surface area contributed by atoms with Gasteiger partial charge in [-0.05, 0) is 60.9 Å². The average molecular weight is 487 g/mol. The van der Waals surface area contributed by atoms with Crippen LogP contribution in [0.25, 0.3) is 22.2 Å². The van der Waals surface area contributed by atoms with Gasteiger partial charge in [0, 0.05) is 10.9 Å². The van der Waals surface area contributed by atoms with E-state index >= 15 is 0 Å². The lowest BCUT2D eigenvalue weighted by Crippen LogP contribution is -2.06. The Kier molecular flexibility index (Phi) is 6.27. The molecule has 5 aromatic rings. The number of alkyl halides is 3. The number of aromatic nitrogens is 2. The predicted molar refractivity (Wildman–Crippen MR) is 136 cm³/mol. The zero-order valence-corrected chi connectivity index (χ0v) is 20.0. The topological polar surface area (TPSA) is 27.1 Å². The van der Waals surface area contributed by atoms with E-state index in [1.54, 1.807) is 10.7 Å². The summed E-state index contributed by atoms with van der Waals surface area (Å²) in [5, 5.41) is 4.90. The van der Waals surface area contributed by atoms with Crippen LogP contribution in [0, 0.1) is 13.8 Å². The van der Waals surface area contributed by atoms with E-state index < -0.39 is 11.7 Å². The highest BCUT2D eigenvalue weighted by Crippen LogP contribution is 2.38. The summed E-state index contributed by atoms with van der Waals surface area (Å²) in [6.45, 7) is 4.89. The summed E-state index contributed by atoms with van der Waals surface area (Å²) >= 11 is 0. The minimum Gasteiger partial charge on any atom is -0.489 e. The number of halogens is 3.